The van der Waals surface area contributed by atoms with Gasteiger partial charge in [0.05, 0.1) is 29.0 Å². The van der Waals surface area contributed by atoms with Gasteiger partial charge in [-0.25, -0.2) is 9.07 Å². The lowest BCUT2D eigenvalue weighted by molar-refractivity contribution is -0.146. The zero-order chi connectivity index (χ0) is 23.0. The van der Waals surface area contributed by atoms with E-state index in [0.29, 0.717) is 5.69 Å². The Morgan fingerprint density at radius 3 is 2.34 bits per heavy atom. The summed E-state index contributed by atoms with van der Waals surface area (Å²) in [6.45, 7) is 0.325. The molecule has 166 valence electrons. The highest BCUT2D eigenvalue weighted by molar-refractivity contribution is 6.40. The Morgan fingerprint density at radius 2 is 1.66 bits per heavy atom. The molecule has 2 aromatic carbocycles. The van der Waals surface area contributed by atoms with E-state index >= 15 is 0 Å². The quantitative estimate of drug-likeness (QED) is 0.435. The van der Waals surface area contributed by atoms with E-state index < -0.39 is 34.4 Å². The van der Waals surface area contributed by atoms with Crippen LogP contribution in [0.2, 0.25) is 5.02 Å². The van der Waals surface area contributed by atoms with E-state index in [0.717, 1.165) is 16.8 Å². The normalized spacial score (nSPS) is 14.9. The largest absolute Gasteiger partial charge is 0.417 e. The Bertz CT molecular complexity index is 1180. The molecule has 0 N–H and O–H groups in total. The van der Waals surface area contributed by atoms with E-state index in [2.05, 4.69) is 10.3 Å². The van der Waals surface area contributed by atoms with E-state index in [1.54, 1.807) is 0 Å². The number of anilines is 1. The fourth-order valence-corrected chi connectivity index (χ4v) is 3.48. The highest BCUT2D eigenvalue weighted by Crippen LogP contribution is 2.35. The van der Waals surface area contributed by atoms with Crippen LogP contribution < -0.4 is 4.90 Å². The molecule has 2 heterocycles. The molecule has 4 rings (SSSR count). The van der Waals surface area contributed by atoms with Crippen LogP contribution in [0, 0.1) is 5.82 Å². The zero-order valence-electron chi connectivity index (χ0n) is 16.2. The second-order valence-electron chi connectivity index (χ2n) is 6.98. The summed E-state index contributed by atoms with van der Waals surface area (Å²) >= 11 is 5.63. The maximum Gasteiger partial charge on any atom is 0.417 e. The van der Waals surface area contributed by atoms with Gasteiger partial charge < -0.3 is 9.80 Å². The van der Waals surface area contributed by atoms with Gasteiger partial charge in [0, 0.05) is 18.8 Å². The second-order valence-corrected chi connectivity index (χ2v) is 7.38. The second kappa shape index (κ2) is 8.23. The van der Waals surface area contributed by atoms with Gasteiger partial charge in [-0.15, -0.1) is 5.10 Å². The predicted molar refractivity (Wildman–Crippen MR) is 106 cm³/mol. The minimum Gasteiger partial charge on any atom is -0.327 e. The van der Waals surface area contributed by atoms with Gasteiger partial charge in [-0.05, 0) is 42.5 Å². The van der Waals surface area contributed by atoms with E-state index in [4.69, 9.17) is 11.6 Å². The van der Waals surface area contributed by atoms with Gasteiger partial charge >= 0.3 is 18.0 Å². The van der Waals surface area contributed by atoms with Crippen LogP contribution in [-0.2, 0) is 22.3 Å². The molecule has 0 saturated carbocycles. The molecule has 2 amide bonds. The van der Waals surface area contributed by atoms with Crippen LogP contribution in [0.1, 0.15) is 11.3 Å². The lowest BCUT2D eigenvalue weighted by Crippen LogP contribution is -2.54. The molecule has 1 saturated heterocycles. The fraction of sp³-hybridized carbons (Fsp3) is 0.200. The number of hydrogen-bond acceptors (Lipinski definition) is 4. The highest BCUT2D eigenvalue weighted by Gasteiger charge is 2.35. The van der Waals surface area contributed by atoms with Gasteiger partial charge in [0.15, 0.2) is 0 Å². The molecule has 0 bridgehead atoms. The van der Waals surface area contributed by atoms with Gasteiger partial charge in [0.25, 0.3) is 0 Å². The molecule has 1 fully saturated rings. The van der Waals surface area contributed by atoms with Crippen LogP contribution >= 0.6 is 11.6 Å². The van der Waals surface area contributed by atoms with E-state index in [1.165, 1.54) is 46.3 Å². The Hall–Kier alpha value is -3.47. The lowest BCUT2D eigenvalue weighted by atomic mass is 10.2. The van der Waals surface area contributed by atoms with Gasteiger partial charge in [-0.1, -0.05) is 16.8 Å². The molecule has 0 unspecified atom stereocenters. The summed E-state index contributed by atoms with van der Waals surface area (Å²) in [5.74, 6) is -2.01. The first-order valence-electron chi connectivity index (χ1n) is 9.28. The number of halogens is 5. The number of piperazine rings is 1. The van der Waals surface area contributed by atoms with E-state index in [-0.39, 0.29) is 31.0 Å². The molecule has 0 radical (unpaired) electrons. The van der Waals surface area contributed by atoms with Crippen LogP contribution in [0.25, 0.3) is 5.69 Å². The Balaban J connectivity index is 1.48. The zero-order valence-corrected chi connectivity index (χ0v) is 16.9. The van der Waals surface area contributed by atoms with Crippen LogP contribution in [0.15, 0.2) is 48.7 Å². The first kappa shape index (κ1) is 21.8. The molecule has 0 aliphatic carbocycles. The number of carbonyl (C=O) groups is 2. The minimum absolute atomic E-state index is 0.0540. The number of carbonyl (C=O) groups excluding carboxylic acids is 2. The highest BCUT2D eigenvalue weighted by atomic mass is 35.5. The molecular weight excluding hydrogens is 454 g/mol. The standard InChI is InChI=1S/C20H14ClF4N5O2/c21-17-6-5-15(9-16(17)20(23,24)25)30-11-13(26-27-30)10-28-7-8-29(19(32)18(28)31)14-3-1-12(22)2-4-14/h1-6,9,11H,7-8,10H2. The number of alkyl halides is 3. The SMILES string of the molecule is O=C1C(=O)N(c2ccc(F)cc2)CCN1Cc1cn(-c2ccc(Cl)c(C(F)(F)F)c2)nn1. The average Bonchev–Trinajstić information content (AvgIpc) is 3.20. The van der Waals surface area contributed by atoms with Gasteiger partial charge in [-0.2, -0.15) is 13.2 Å². The summed E-state index contributed by atoms with van der Waals surface area (Å²) in [6.07, 6.45) is -3.26. The summed E-state index contributed by atoms with van der Waals surface area (Å²) in [5.41, 5.74) is -0.237. The molecule has 12 heteroatoms. The summed E-state index contributed by atoms with van der Waals surface area (Å²) < 4.78 is 53.5. The van der Waals surface area contributed by atoms with Crippen molar-refractivity contribution in [2.75, 3.05) is 18.0 Å². The molecule has 1 aliphatic rings. The van der Waals surface area contributed by atoms with Gasteiger partial charge in [-0.3, -0.25) is 9.59 Å². The summed E-state index contributed by atoms with van der Waals surface area (Å²) in [6, 6.07) is 8.50. The molecule has 0 spiro atoms. The van der Waals surface area contributed by atoms with Crippen molar-refractivity contribution in [1.29, 1.82) is 0 Å². The van der Waals surface area contributed by atoms with Crippen LogP contribution in [0.5, 0.6) is 0 Å². The molecule has 1 aromatic heterocycles. The Morgan fingerprint density at radius 1 is 0.969 bits per heavy atom. The van der Waals surface area contributed by atoms with E-state index in [9.17, 15) is 27.2 Å². The number of amides is 2. The van der Waals surface area contributed by atoms with Gasteiger partial charge in [0.1, 0.15) is 11.5 Å². The topological polar surface area (TPSA) is 71.3 Å². The van der Waals surface area contributed by atoms with Crippen molar-refractivity contribution < 1.29 is 27.2 Å². The maximum absolute atomic E-state index is 13.1. The van der Waals surface area contributed by atoms with Crippen LogP contribution in [-0.4, -0.2) is 44.8 Å². The number of hydrogen-bond donors (Lipinski definition) is 0. The van der Waals surface area contributed by atoms with Crippen molar-refractivity contribution in [2.24, 2.45) is 0 Å². The first-order valence-corrected chi connectivity index (χ1v) is 9.66. The molecule has 0 atom stereocenters. The molecular formula is C20H14ClF4N5O2. The van der Waals surface area contributed by atoms with E-state index in [1.807, 2.05) is 0 Å². The van der Waals surface area contributed by atoms with Crippen molar-refractivity contribution in [3.63, 3.8) is 0 Å². The molecule has 32 heavy (non-hydrogen) atoms. The minimum atomic E-state index is -4.63. The Kier molecular flexibility index (Phi) is 5.59. The summed E-state index contributed by atoms with van der Waals surface area (Å²) in [4.78, 5) is 27.5. The van der Waals surface area contributed by atoms with Crippen molar-refractivity contribution in [1.82, 2.24) is 19.9 Å². The number of aromatic nitrogens is 3. The number of rotatable bonds is 4. The third kappa shape index (κ3) is 4.28. The maximum atomic E-state index is 13.1. The number of benzene rings is 2. The summed E-state index contributed by atoms with van der Waals surface area (Å²) in [5, 5.41) is 7.25. The lowest BCUT2D eigenvalue weighted by Gasteiger charge is -2.33. The fourth-order valence-electron chi connectivity index (χ4n) is 3.26. The predicted octanol–water partition coefficient (Wildman–Crippen LogP) is 3.45. The molecule has 7 nitrogen and oxygen atoms in total. The molecule has 3 aromatic rings. The van der Waals surface area contributed by atoms with Crippen molar-refractivity contribution in [3.8, 4) is 5.69 Å². The van der Waals surface area contributed by atoms with Crippen molar-refractivity contribution in [2.45, 2.75) is 12.7 Å². The Labute approximate surface area is 183 Å². The number of nitrogens with zero attached hydrogens (tertiary/aromatic N) is 5. The smallest absolute Gasteiger partial charge is 0.327 e. The monoisotopic (exact) mass is 467 g/mol. The van der Waals surface area contributed by atoms with Crippen molar-refractivity contribution >= 4 is 29.1 Å². The third-order valence-electron chi connectivity index (χ3n) is 4.86. The average molecular weight is 468 g/mol. The first-order chi connectivity index (χ1) is 15.1. The van der Waals surface area contributed by atoms with Crippen LogP contribution in [0.3, 0.4) is 0 Å². The van der Waals surface area contributed by atoms with Gasteiger partial charge in [0.2, 0.25) is 0 Å². The summed E-state index contributed by atoms with van der Waals surface area (Å²) in [7, 11) is 0. The van der Waals surface area contributed by atoms with Crippen LogP contribution in [0.4, 0.5) is 23.2 Å². The van der Waals surface area contributed by atoms with Crippen molar-refractivity contribution in [3.05, 3.63) is 70.8 Å². The molecule has 1 aliphatic heterocycles. The third-order valence-corrected chi connectivity index (χ3v) is 5.19.